The Morgan fingerprint density at radius 2 is 1.76 bits per heavy atom. The van der Waals surface area contributed by atoms with Gasteiger partial charge in [0.05, 0.1) is 12.8 Å². The van der Waals surface area contributed by atoms with Crippen molar-refractivity contribution < 1.29 is 37.0 Å². The molecular weight excluding hydrogens is 521 g/mol. The van der Waals surface area contributed by atoms with Crippen LogP contribution in [0.25, 0.3) is 22.2 Å². The van der Waals surface area contributed by atoms with Gasteiger partial charge in [0.1, 0.15) is 28.5 Å². The minimum atomic E-state index is -4.51. The van der Waals surface area contributed by atoms with E-state index in [9.17, 15) is 22.8 Å². The highest BCUT2D eigenvalue weighted by atomic mass is 32.1. The molecule has 0 aliphatic carbocycles. The number of pyridine rings is 1. The number of hydrogen-bond donors (Lipinski definition) is 0. The Morgan fingerprint density at radius 1 is 1.05 bits per heavy atom. The summed E-state index contributed by atoms with van der Waals surface area (Å²) in [6.07, 6.45) is -3.99. The fourth-order valence-corrected chi connectivity index (χ4v) is 4.67. The number of rotatable bonds is 6. The standard InChI is InChI=1S/C27H25F3N2O5S/c1-5-35-24(33)21-12-17-11-18(14-31-23(17)32(21)25(34)37-26(2,3)4)36-15-19-13-20(16-9-7-6-8-10-16)22(38-19)27(28,29)30/h6-14H,5,15H2,1-4H3. The zero-order valence-corrected chi connectivity index (χ0v) is 21.9. The van der Waals surface area contributed by atoms with Crippen LogP contribution in [0.2, 0.25) is 0 Å². The van der Waals surface area contributed by atoms with Gasteiger partial charge in [-0.3, -0.25) is 0 Å². The summed E-state index contributed by atoms with van der Waals surface area (Å²) in [5, 5.41) is 0.392. The third-order valence-corrected chi connectivity index (χ3v) is 6.34. The van der Waals surface area contributed by atoms with Crippen molar-refractivity contribution in [2.24, 2.45) is 0 Å². The molecule has 0 bridgehead atoms. The highest BCUT2D eigenvalue weighted by molar-refractivity contribution is 7.12. The maximum Gasteiger partial charge on any atom is 0.426 e. The van der Waals surface area contributed by atoms with E-state index in [4.69, 9.17) is 14.2 Å². The molecule has 1 aromatic carbocycles. The van der Waals surface area contributed by atoms with Crippen molar-refractivity contribution in [3.05, 3.63) is 70.2 Å². The smallest absolute Gasteiger partial charge is 0.426 e. The molecule has 0 atom stereocenters. The molecule has 0 aliphatic rings. The molecule has 4 aromatic rings. The molecule has 4 rings (SSSR count). The van der Waals surface area contributed by atoms with Crippen molar-refractivity contribution in [1.29, 1.82) is 0 Å². The molecule has 3 aromatic heterocycles. The number of benzene rings is 1. The number of fused-ring (bicyclic) bond motifs is 1. The summed E-state index contributed by atoms with van der Waals surface area (Å²) >= 11 is 0.612. The number of hydrogen-bond acceptors (Lipinski definition) is 7. The lowest BCUT2D eigenvalue weighted by Gasteiger charge is -2.20. The molecule has 0 spiro atoms. The van der Waals surface area contributed by atoms with Crippen molar-refractivity contribution >= 4 is 34.4 Å². The van der Waals surface area contributed by atoms with E-state index < -0.39 is 28.7 Å². The van der Waals surface area contributed by atoms with Crippen LogP contribution in [0.3, 0.4) is 0 Å². The van der Waals surface area contributed by atoms with Gasteiger partial charge in [0.15, 0.2) is 5.65 Å². The van der Waals surface area contributed by atoms with Crippen LogP contribution in [0.5, 0.6) is 5.75 Å². The van der Waals surface area contributed by atoms with Crippen molar-refractivity contribution in [2.45, 2.75) is 46.1 Å². The highest BCUT2D eigenvalue weighted by Gasteiger charge is 2.36. The van der Waals surface area contributed by atoms with E-state index in [0.29, 0.717) is 27.2 Å². The second kappa shape index (κ2) is 10.5. The first-order valence-electron chi connectivity index (χ1n) is 11.7. The van der Waals surface area contributed by atoms with E-state index in [1.807, 2.05) is 0 Å². The summed E-state index contributed by atoms with van der Waals surface area (Å²) in [6.45, 7) is 6.68. The van der Waals surface area contributed by atoms with Gasteiger partial charge < -0.3 is 14.2 Å². The number of carbonyl (C=O) groups excluding carboxylic acids is 2. The first-order chi connectivity index (χ1) is 17.9. The van der Waals surface area contributed by atoms with Gasteiger partial charge in [-0.25, -0.2) is 19.1 Å². The minimum Gasteiger partial charge on any atom is -0.486 e. The van der Waals surface area contributed by atoms with Gasteiger partial charge in [-0.1, -0.05) is 30.3 Å². The van der Waals surface area contributed by atoms with Gasteiger partial charge in [0, 0.05) is 15.8 Å². The molecule has 11 heteroatoms. The van der Waals surface area contributed by atoms with E-state index in [0.717, 1.165) is 4.57 Å². The zero-order chi connectivity index (χ0) is 27.7. The lowest BCUT2D eigenvalue weighted by Crippen LogP contribution is -2.29. The second-order valence-electron chi connectivity index (χ2n) is 9.26. The lowest BCUT2D eigenvalue weighted by atomic mass is 10.1. The number of thiophene rings is 1. The number of carbonyl (C=O) groups is 2. The second-order valence-corrected chi connectivity index (χ2v) is 10.4. The van der Waals surface area contributed by atoms with Crippen molar-refractivity contribution in [3.63, 3.8) is 0 Å². The maximum absolute atomic E-state index is 13.7. The number of aromatic nitrogens is 2. The van der Waals surface area contributed by atoms with E-state index >= 15 is 0 Å². The molecule has 0 unspecified atom stereocenters. The van der Waals surface area contributed by atoms with Crippen LogP contribution < -0.4 is 4.74 Å². The van der Waals surface area contributed by atoms with Gasteiger partial charge in [0.25, 0.3) is 0 Å². The number of ether oxygens (including phenoxy) is 3. The molecule has 0 aliphatic heterocycles. The van der Waals surface area contributed by atoms with Gasteiger partial charge >= 0.3 is 18.2 Å². The average Bonchev–Trinajstić information content (AvgIpc) is 3.44. The third kappa shape index (κ3) is 5.99. The molecule has 200 valence electrons. The molecular formula is C27H25F3N2O5S. The van der Waals surface area contributed by atoms with E-state index in [1.165, 1.54) is 18.3 Å². The molecule has 0 saturated heterocycles. The molecule has 7 nitrogen and oxygen atoms in total. The Bertz CT molecular complexity index is 1470. The predicted octanol–water partition coefficient (Wildman–Crippen LogP) is 7.32. The van der Waals surface area contributed by atoms with Crippen molar-refractivity contribution in [3.8, 4) is 16.9 Å². The van der Waals surface area contributed by atoms with Crippen molar-refractivity contribution in [2.75, 3.05) is 6.61 Å². The van der Waals surface area contributed by atoms with Gasteiger partial charge in [-0.05, 0) is 51.5 Å². The van der Waals surface area contributed by atoms with Crippen LogP contribution in [0.4, 0.5) is 18.0 Å². The van der Waals surface area contributed by atoms with E-state index in [2.05, 4.69) is 4.98 Å². The quantitative estimate of drug-likeness (QED) is 0.236. The number of nitrogens with zero attached hydrogens (tertiary/aromatic N) is 2. The first-order valence-corrected chi connectivity index (χ1v) is 12.5. The third-order valence-electron chi connectivity index (χ3n) is 5.18. The Hall–Kier alpha value is -3.86. The lowest BCUT2D eigenvalue weighted by molar-refractivity contribution is -0.133. The molecule has 0 radical (unpaired) electrons. The average molecular weight is 547 g/mol. The summed E-state index contributed by atoms with van der Waals surface area (Å²) in [5.41, 5.74) is -0.195. The summed E-state index contributed by atoms with van der Waals surface area (Å²) in [6, 6.07) is 12.8. The Morgan fingerprint density at radius 3 is 2.39 bits per heavy atom. The van der Waals surface area contributed by atoms with Gasteiger partial charge in [-0.15, -0.1) is 11.3 Å². The number of esters is 1. The topological polar surface area (TPSA) is 79.7 Å². The summed E-state index contributed by atoms with van der Waals surface area (Å²) in [7, 11) is 0. The molecule has 3 heterocycles. The Kier molecular flexibility index (Phi) is 7.50. The molecule has 0 N–H and O–H groups in total. The first kappa shape index (κ1) is 27.2. The monoisotopic (exact) mass is 546 g/mol. The fourth-order valence-electron chi connectivity index (χ4n) is 3.71. The summed E-state index contributed by atoms with van der Waals surface area (Å²) in [5.74, 6) is -0.483. The fraction of sp³-hybridized carbons (Fsp3) is 0.296. The van der Waals surface area contributed by atoms with Gasteiger partial charge in [0.2, 0.25) is 0 Å². The SMILES string of the molecule is CCOC(=O)c1cc2cc(OCc3cc(-c4ccccc4)c(C(F)(F)F)s3)cnc2n1C(=O)OC(C)(C)C. The van der Waals surface area contributed by atoms with Crippen LogP contribution in [0, 0.1) is 0 Å². The normalized spacial score (nSPS) is 12.0. The Balaban J connectivity index is 1.64. The van der Waals surface area contributed by atoms with Crippen LogP contribution >= 0.6 is 11.3 Å². The zero-order valence-electron chi connectivity index (χ0n) is 21.1. The van der Waals surface area contributed by atoms with Crippen molar-refractivity contribution in [1.82, 2.24) is 9.55 Å². The maximum atomic E-state index is 13.7. The van der Waals surface area contributed by atoms with Crippen LogP contribution in [-0.4, -0.2) is 33.8 Å². The highest BCUT2D eigenvalue weighted by Crippen LogP contribution is 2.43. The van der Waals surface area contributed by atoms with E-state index in [1.54, 1.807) is 64.1 Å². The molecule has 0 fully saturated rings. The molecule has 0 saturated carbocycles. The summed E-state index contributed by atoms with van der Waals surface area (Å²) in [4.78, 5) is 29.3. The Labute approximate surface area is 220 Å². The van der Waals surface area contributed by atoms with Crippen LogP contribution in [0.15, 0.2) is 54.7 Å². The largest absolute Gasteiger partial charge is 0.486 e. The molecule has 38 heavy (non-hydrogen) atoms. The number of alkyl halides is 3. The van der Waals surface area contributed by atoms with Gasteiger partial charge in [-0.2, -0.15) is 13.2 Å². The molecule has 0 amide bonds. The van der Waals surface area contributed by atoms with Crippen LogP contribution in [0.1, 0.15) is 47.9 Å². The van der Waals surface area contributed by atoms with E-state index in [-0.39, 0.29) is 35.9 Å². The number of halogens is 3. The summed E-state index contributed by atoms with van der Waals surface area (Å²) < 4.78 is 58.4. The van der Waals surface area contributed by atoms with Crippen LogP contribution in [-0.2, 0) is 22.3 Å². The predicted molar refractivity (Wildman–Crippen MR) is 136 cm³/mol. The minimum absolute atomic E-state index is 0.0682.